The van der Waals surface area contributed by atoms with Crippen molar-refractivity contribution in [3.8, 4) is 0 Å². The summed E-state index contributed by atoms with van der Waals surface area (Å²) in [7, 11) is 0. The number of ketones is 1. The molecule has 13 heavy (non-hydrogen) atoms. The predicted molar refractivity (Wildman–Crippen MR) is 47.5 cm³/mol. The highest BCUT2D eigenvalue weighted by molar-refractivity contribution is 5.89. The first-order valence-corrected chi connectivity index (χ1v) is 4.92. The SMILES string of the molecule is CCOC1CC2C(=O)C(C)OC12C. The van der Waals surface area contributed by atoms with Crippen LogP contribution in [-0.4, -0.2) is 30.2 Å². The summed E-state index contributed by atoms with van der Waals surface area (Å²) >= 11 is 0. The van der Waals surface area contributed by atoms with E-state index in [9.17, 15) is 4.79 Å². The lowest BCUT2D eigenvalue weighted by molar-refractivity contribution is -0.196. The standard InChI is InChI=1S/C10H16O3/c1-4-12-8-5-7-9(11)6(2)13-10(7,8)3/h6-8H,4-5H2,1-3H3. The normalized spacial score (nSPS) is 48.8. The van der Waals surface area contributed by atoms with Gasteiger partial charge < -0.3 is 9.47 Å². The van der Waals surface area contributed by atoms with Crippen LogP contribution < -0.4 is 0 Å². The van der Waals surface area contributed by atoms with Gasteiger partial charge in [-0.1, -0.05) is 0 Å². The second-order valence-electron chi connectivity index (χ2n) is 4.08. The Balaban J connectivity index is 2.10. The fraction of sp³-hybridized carbons (Fsp3) is 0.900. The Kier molecular flexibility index (Phi) is 1.96. The predicted octanol–water partition coefficient (Wildman–Crippen LogP) is 1.16. The highest BCUT2D eigenvalue weighted by atomic mass is 16.6. The number of ether oxygens (including phenoxy) is 2. The lowest BCUT2D eigenvalue weighted by Gasteiger charge is -2.46. The Labute approximate surface area is 78.4 Å². The van der Waals surface area contributed by atoms with Gasteiger partial charge in [-0.3, -0.25) is 4.79 Å². The highest BCUT2D eigenvalue weighted by Gasteiger charge is 2.63. The van der Waals surface area contributed by atoms with Crippen LogP contribution in [-0.2, 0) is 14.3 Å². The summed E-state index contributed by atoms with van der Waals surface area (Å²) < 4.78 is 11.2. The van der Waals surface area contributed by atoms with Gasteiger partial charge in [0, 0.05) is 6.61 Å². The highest BCUT2D eigenvalue weighted by Crippen LogP contribution is 2.50. The van der Waals surface area contributed by atoms with Crippen LogP contribution >= 0.6 is 0 Å². The summed E-state index contributed by atoms with van der Waals surface area (Å²) in [5.74, 6) is 0.331. The van der Waals surface area contributed by atoms with Crippen LogP contribution in [0.2, 0.25) is 0 Å². The molecule has 3 nitrogen and oxygen atoms in total. The van der Waals surface area contributed by atoms with E-state index in [1.807, 2.05) is 20.8 Å². The van der Waals surface area contributed by atoms with E-state index < -0.39 is 0 Å². The summed E-state index contributed by atoms with van der Waals surface area (Å²) in [4.78, 5) is 11.5. The third-order valence-electron chi connectivity index (χ3n) is 3.32. The van der Waals surface area contributed by atoms with Gasteiger partial charge in [-0.15, -0.1) is 0 Å². The van der Waals surface area contributed by atoms with Crippen molar-refractivity contribution in [1.29, 1.82) is 0 Å². The molecule has 2 rings (SSSR count). The molecule has 0 radical (unpaired) electrons. The fourth-order valence-corrected chi connectivity index (χ4v) is 2.46. The van der Waals surface area contributed by atoms with Gasteiger partial charge >= 0.3 is 0 Å². The number of rotatable bonds is 2. The zero-order valence-electron chi connectivity index (χ0n) is 8.37. The molecule has 74 valence electrons. The molecule has 1 saturated heterocycles. The maximum absolute atomic E-state index is 11.5. The molecule has 0 N–H and O–H groups in total. The fourth-order valence-electron chi connectivity index (χ4n) is 2.46. The van der Waals surface area contributed by atoms with E-state index in [4.69, 9.17) is 9.47 Å². The maximum Gasteiger partial charge on any atom is 0.167 e. The zero-order valence-corrected chi connectivity index (χ0v) is 8.37. The van der Waals surface area contributed by atoms with Crippen molar-refractivity contribution in [1.82, 2.24) is 0 Å². The average Bonchev–Trinajstić information content (AvgIpc) is 2.24. The molecule has 0 aromatic carbocycles. The molecular formula is C10H16O3. The number of carbonyl (C=O) groups excluding carboxylic acids is 1. The molecule has 3 heteroatoms. The topological polar surface area (TPSA) is 35.5 Å². The molecule has 2 aliphatic rings. The molecular weight excluding hydrogens is 168 g/mol. The molecule has 0 aromatic heterocycles. The molecule has 4 atom stereocenters. The van der Waals surface area contributed by atoms with Gasteiger partial charge in [0.1, 0.15) is 11.7 Å². The van der Waals surface area contributed by atoms with Crippen LogP contribution in [0.5, 0.6) is 0 Å². The van der Waals surface area contributed by atoms with Crippen LogP contribution in [0.4, 0.5) is 0 Å². The van der Waals surface area contributed by atoms with Crippen molar-refractivity contribution in [2.45, 2.75) is 45.0 Å². The second kappa shape index (κ2) is 2.79. The molecule has 0 spiro atoms. The molecule has 1 aliphatic heterocycles. The molecule has 0 aromatic rings. The zero-order chi connectivity index (χ0) is 9.64. The van der Waals surface area contributed by atoms with Gasteiger partial charge in [0.25, 0.3) is 0 Å². The summed E-state index contributed by atoms with van der Waals surface area (Å²) in [6.45, 7) is 6.48. The maximum atomic E-state index is 11.5. The molecule has 1 saturated carbocycles. The minimum Gasteiger partial charge on any atom is -0.375 e. The molecule has 4 unspecified atom stereocenters. The number of fused-ring (bicyclic) bond motifs is 1. The van der Waals surface area contributed by atoms with Gasteiger partial charge in [-0.25, -0.2) is 0 Å². The van der Waals surface area contributed by atoms with Gasteiger partial charge in [0.2, 0.25) is 0 Å². The molecule has 0 bridgehead atoms. The van der Waals surface area contributed by atoms with Crippen LogP contribution in [0, 0.1) is 5.92 Å². The summed E-state index contributed by atoms with van der Waals surface area (Å²) in [5, 5.41) is 0. The van der Waals surface area contributed by atoms with Crippen molar-refractivity contribution in [3.63, 3.8) is 0 Å². The Bertz CT molecular complexity index is 238. The van der Waals surface area contributed by atoms with Crippen molar-refractivity contribution >= 4 is 5.78 Å². The van der Waals surface area contributed by atoms with E-state index in [1.165, 1.54) is 0 Å². The minimum atomic E-state index is -0.327. The third-order valence-corrected chi connectivity index (χ3v) is 3.32. The largest absolute Gasteiger partial charge is 0.375 e. The van der Waals surface area contributed by atoms with Gasteiger partial charge in [0.15, 0.2) is 5.78 Å². The second-order valence-corrected chi connectivity index (χ2v) is 4.08. The quantitative estimate of drug-likeness (QED) is 0.646. The van der Waals surface area contributed by atoms with Crippen LogP contribution in [0.25, 0.3) is 0 Å². The molecule has 1 heterocycles. The summed E-state index contributed by atoms with van der Waals surface area (Å²) in [6.07, 6.45) is 0.727. The minimum absolute atomic E-state index is 0.0825. The van der Waals surface area contributed by atoms with Crippen LogP contribution in [0.1, 0.15) is 27.2 Å². The first-order valence-electron chi connectivity index (χ1n) is 4.92. The van der Waals surface area contributed by atoms with Crippen molar-refractivity contribution < 1.29 is 14.3 Å². The van der Waals surface area contributed by atoms with E-state index >= 15 is 0 Å². The van der Waals surface area contributed by atoms with Crippen molar-refractivity contribution in [2.75, 3.05) is 6.61 Å². The van der Waals surface area contributed by atoms with Crippen molar-refractivity contribution in [2.24, 2.45) is 5.92 Å². The third kappa shape index (κ3) is 1.07. The molecule has 1 aliphatic carbocycles. The number of hydrogen-bond acceptors (Lipinski definition) is 3. The van der Waals surface area contributed by atoms with Gasteiger partial charge in [-0.2, -0.15) is 0 Å². The Morgan fingerprint density at radius 3 is 2.92 bits per heavy atom. The first-order chi connectivity index (χ1) is 6.09. The average molecular weight is 184 g/mol. The Morgan fingerprint density at radius 1 is 1.69 bits per heavy atom. The lowest BCUT2D eigenvalue weighted by Crippen LogP contribution is -2.58. The Morgan fingerprint density at radius 2 is 2.38 bits per heavy atom. The van der Waals surface area contributed by atoms with Crippen LogP contribution in [0.15, 0.2) is 0 Å². The number of Topliss-reactive ketones (excluding diaryl/α,β-unsaturated/α-hetero) is 1. The Hall–Kier alpha value is -0.410. The smallest absolute Gasteiger partial charge is 0.167 e. The summed E-state index contributed by atoms with van der Waals surface area (Å²) in [6, 6.07) is 0. The number of hydrogen-bond donors (Lipinski definition) is 0. The van der Waals surface area contributed by atoms with E-state index in [1.54, 1.807) is 0 Å². The van der Waals surface area contributed by atoms with Crippen molar-refractivity contribution in [3.05, 3.63) is 0 Å². The number of carbonyl (C=O) groups is 1. The lowest BCUT2D eigenvalue weighted by atomic mass is 9.67. The molecule has 2 fully saturated rings. The first kappa shape index (κ1) is 9.16. The summed E-state index contributed by atoms with van der Waals surface area (Å²) in [5.41, 5.74) is -0.327. The van der Waals surface area contributed by atoms with Gasteiger partial charge in [-0.05, 0) is 27.2 Å². The van der Waals surface area contributed by atoms with Crippen LogP contribution in [0.3, 0.4) is 0 Å². The van der Waals surface area contributed by atoms with E-state index in [-0.39, 0.29) is 29.5 Å². The van der Waals surface area contributed by atoms with E-state index in [0.29, 0.717) is 6.61 Å². The van der Waals surface area contributed by atoms with E-state index in [0.717, 1.165) is 6.42 Å². The van der Waals surface area contributed by atoms with E-state index in [2.05, 4.69) is 0 Å². The molecule has 0 amide bonds. The monoisotopic (exact) mass is 184 g/mol. The van der Waals surface area contributed by atoms with Gasteiger partial charge in [0.05, 0.1) is 12.0 Å².